The number of methoxy groups -OCH3 is 1. The van der Waals surface area contributed by atoms with Gasteiger partial charge in [0.15, 0.2) is 0 Å². The number of carbonyl (C=O) groups excluding carboxylic acids is 2. The van der Waals surface area contributed by atoms with Gasteiger partial charge in [-0.2, -0.15) is 0 Å². The molecule has 1 aromatic carbocycles. The third-order valence-corrected chi connectivity index (χ3v) is 4.87. The van der Waals surface area contributed by atoms with E-state index >= 15 is 0 Å². The Balaban J connectivity index is 1.66. The molecule has 26 heavy (non-hydrogen) atoms. The van der Waals surface area contributed by atoms with Crippen molar-refractivity contribution in [2.45, 2.75) is 26.4 Å². The van der Waals surface area contributed by atoms with Gasteiger partial charge in [-0.25, -0.2) is 0 Å². The summed E-state index contributed by atoms with van der Waals surface area (Å²) in [6.45, 7) is 5.52. The van der Waals surface area contributed by atoms with E-state index in [-0.39, 0.29) is 11.9 Å². The lowest BCUT2D eigenvalue weighted by Gasteiger charge is -2.38. The summed E-state index contributed by atoms with van der Waals surface area (Å²) in [5.74, 6) is -0.265. The van der Waals surface area contributed by atoms with E-state index in [1.54, 1.807) is 14.0 Å². The van der Waals surface area contributed by atoms with Gasteiger partial charge in [-0.1, -0.05) is 6.07 Å². The quantitative estimate of drug-likeness (QED) is 0.727. The molecule has 6 heteroatoms. The summed E-state index contributed by atoms with van der Waals surface area (Å²) in [5, 5.41) is 0. The molecule has 0 saturated carbocycles. The van der Waals surface area contributed by atoms with Gasteiger partial charge in [-0.3, -0.25) is 14.5 Å². The first kappa shape index (κ1) is 18.5. The number of nitrogens with zero attached hydrogens (tertiary/aromatic N) is 1. The number of piperidine rings is 1. The lowest BCUT2D eigenvalue weighted by Crippen LogP contribution is -2.49. The number of benzene rings is 1. The summed E-state index contributed by atoms with van der Waals surface area (Å²) in [4.78, 5) is 25.9. The highest BCUT2D eigenvalue weighted by atomic mass is 16.6. The Labute approximate surface area is 153 Å². The molecule has 1 aromatic rings. The second kappa shape index (κ2) is 7.91. The normalized spacial score (nSPS) is 21.9. The molecule has 6 nitrogen and oxygen atoms in total. The minimum Gasteiger partial charge on any atom is -0.497 e. The molecule has 0 unspecified atom stereocenters. The van der Waals surface area contributed by atoms with E-state index in [0.717, 1.165) is 18.8 Å². The van der Waals surface area contributed by atoms with Gasteiger partial charge >= 0.3 is 11.9 Å². The van der Waals surface area contributed by atoms with E-state index in [0.29, 0.717) is 19.6 Å². The zero-order valence-corrected chi connectivity index (χ0v) is 15.5. The molecule has 1 aliphatic heterocycles. The summed E-state index contributed by atoms with van der Waals surface area (Å²) in [7, 11) is 1.66. The Morgan fingerprint density at radius 3 is 2.81 bits per heavy atom. The molecule has 0 bridgehead atoms. The van der Waals surface area contributed by atoms with Crippen LogP contribution in [0.2, 0.25) is 0 Å². The Morgan fingerprint density at radius 2 is 2.12 bits per heavy atom. The highest BCUT2D eigenvalue weighted by Crippen LogP contribution is 2.36. The number of hydrogen-bond acceptors (Lipinski definition) is 6. The fourth-order valence-electron chi connectivity index (χ4n) is 3.60. The molecule has 0 aromatic heterocycles. The van der Waals surface area contributed by atoms with Crippen LogP contribution in [0.25, 0.3) is 11.6 Å². The number of carbonyl (C=O) groups is 2. The Kier molecular flexibility index (Phi) is 5.61. The van der Waals surface area contributed by atoms with E-state index in [1.807, 2.05) is 18.2 Å². The molecule has 0 N–H and O–H groups in total. The van der Waals surface area contributed by atoms with E-state index in [4.69, 9.17) is 14.2 Å². The van der Waals surface area contributed by atoms with Gasteiger partial charge in [0.2, 0.25) is 0 Å². The lowest BCUT2D eigenvalue weighted by molar-refractivity contribution is -0.164. The van der Waals surface area contributed by atoms with Crippen LogP contribution in [-0.2, 0) is 19.1 Å². The maximum absolute atomic E-state index is 12.3. The van der Waals surface area contributed by atoms with Crippen molar-refractivity contribution in [3.8, 4) is 5.75 Å². The second-order valence-electron chi connectivity index (χ2n) is 6.65. The van der Waals surface area contributed by atoms with E-state index in [9.17, 15) is 9.59 Å². The SMILES string of the molecule is CCOC(=O)[C@H]1CN(CC2=Cc3ccc(OC)cc32)CC[C@@H]1OC(C)=O. The third-order valence-electron chi connectivity index (χ3n) is 4.87. The van der Waals surface area contributed by atoms with Gasteiger partial charge < -0.3 is 14.2 Å². The van der Waals surface area contributed by atoms with Gasteiger partial charge in [0.1, 0.15) is 17.8 Å². The van der Waals surface area contributed by atoms with Gasteiger partial charge in [0.05, 0.1) is 13.7 Å². The molecule has 2 atom stereocenters. The molecule has 1 aliphatic carbocycles. The number of likely N-dealkylation sites (tertiary alicyclic amines) is 1. The van der Waals surface area contributed by atoms with Crippen LogP contribution in [0.1, 0.15) is 31.4 Å². The summed E-state index contributed by atoms with van der Waals surface area (Å²) in [6.07, 6.45) is 2.37. The molecule has 0 radical (unpaired) electrons. The van der Waals surface area contributed by atoms with Crippen molar-refractivity contribution in [3.05, 3.63) is 29.3 Å². The molecule has 0 spiro atoms. The van der Waals surface area contributed by atoms with Gasteiger partial charge in [0.25, 0.3) is 0 Å². The van der Waals surface area contributed by atoms with E-state index < -0.39 is 12.0 Å². The van der Waals surface area contributed by atoms with Crippen molar-refractivity contribution in [3.63, 3.8) is 0 Å². The van der Waals surface area contributed by atoms with Crippen molar-refractivity contribution in [2.75, 3.05) is 33.4 Å². The van der Waals surface area contributed by atoms with Crippen LogP contribution in [-0.4, -0.2) is 56.3 Å². The number of rotatable bonds is 6. The van der Waals surface area contributed by atoms with Gasteiger partial charge in [-0.05, 0) is 48.3 Å². The van der Waals surface area contributed by atoms with Crippen molar-refractivity contribution < 1.29 is 23.8 Å². The van der Waals surface area contributed by atoms with Gasteiger partial charge in [-0.15, -0.1) is 0 Å². The van der Waals surface area contributed by atoms with Crippen LogP contribution in [0.4, 0.5) is 0 Å². The standard InChI is InChI=1S/C20H25NO5/c1-4-25-20(23)18-12-21(8-7-19(18)26-13(2)22)11-15-9-14-5-6-16(24-3)10-17(14)15/h5-6,9-10,18-19H,4,7-8,11-12H2,1-3H3/t18-,19-/m0/s1. The molecule has 1 heterocycles. The summed E-state index contributed by atoms with van der Waals surface area (Å²) in [5.41, 5.74) is 3.63. The highest BCUT2D eigenvalue weighted by molar-refractivity contribution is 5.96. The smallest absolute Gasteiger partial charge is 0.314 e. The number of hydrogen-bond donors (Lipinski definition) is 0. The molecular weight excluding hydrogens is 334 g/mol. The minimum atomic E-state index is -0.446. The second-order valence-corrected chi connectivity index (χ2v) is 6.65. The first-order valence-corrected chi connectivity index (χ1v) is 8.97. The molecular formula is C20H25NO5. The van der Waals surface area contributed by atoms with Crippen LogP contribution in [0.15, 0.2) is 18.2 Å². The van der Waals surface area contributed by atoms with Crippen molar-refractivity contribution in [2.24, 2.45) is 5.92 Å². The zero-order chi connectivity index (χ0) is 18.7. The monoisotopic (exact) mass is 359 g/mol. The van der Waals surface area contributed by atoms with Crippen molar-refractivity contribution in [1.29, 1.82) is 0 Å². The van der Waals surface area contributed by atoms with E-state index in [1.165, 1.54) is 23.6 Å². The predicted molar refractivity (Wildman–Crippen MR) is 97.6 cm³/mol. The van der Waals surface area contributed by atoms with Crippen molar-refractivity contribution >= 4 is 23.6 Å². The predicted octanol–water partition coefficient (Wildman–Crippen LogP) is 2.37. The topological polar surface area (TPSA) is 65.1 Å². The van der Waals surface area contributed by atoms with Gasteiger partial charge in [0, 0.05) is 26.6 Å². The maximum Gasteiger partial charge on any atom is 0.314 e. The Morgan fingerprint density at radius 1 is 1.31 bits per heavy atom. The average Bonchev–Trinajstić information content (AvgIpc) is 2.60. The minimum absolute atomic E-state index is 0.298. The maximum atomic E-state index is 12.3. The number of ether oxygens (including phenoxy) is 3. The van der Waals surface area contributed by atoms with Crippen LogP contribution in [0, 0.1) is 5.92 Å². The molecule has 0 amide bonds. The highest BCUT2D eigenvalue weighted by Gasteiger charge is 2.38. The number of fused-ring (bicyclic) bond motifs is 1. The third kappa shape index (κ3) is 3.90. The Bertz CT molecular complexity index is 727. The molecule has 1 fully saturated rings. The fraction of sp³-hybridized carbons (Fsp3) is 0.500. The lowest BCUT2D eigenvalue weighted by atomic mass is 9.87. The Hall–Kier alpha value is -2.34. The van der Waals surface area contributed by atoms with Crippen LogP contribution >= 0.6 is 0 Å². The molecule has 2 aliphatic rings. The first-order chi connectivity index (χ1) is 12.5. The van der Waals surface area contributed by atoms with Crippen LogP contribution < -0.4 is 4.74 Å². The van der Waals surface area contributed by atoms with E-state index in [2.05, 4.69) is 11.0 Å². The van der Waals surface area contributed by atoms with Crippen LogP contribution in [0.5, 0.6) is 5.75 Å². The fourth-order valence-corrected chi connectivity index (χ4v) is 3.60. The molecule has 140 valence electrons. The molecule has 3 rings (SSSR count). The first-order valence-electron chi connectivity index (χ1n) is 8.97. The largest absolute Gasteiger partial charge is 0.497 e. The summed E-state index contributed by atoms with van der Waals surface area (Å²) >= 11 is 0. The molecule has 1 saturated heterocycles. The summed E-state index contributed by atoms with van der Waals surface area (Å²) in [6, 6.07) is 6.04. The van der Waals surface area contributed by atoms with Crippen LogP contribution in [0.3, 0.4) is 0 Å². The number of esters is 2. The zero-order valence-electron chi connectivity index (χ0n) is 15.5. The summed E-state index contributed by atoms with van der Waals surface area (Å²) < 4.78 is 15.8. The average molecular weight is 359 g/mol. The van der Waals surface area contributed by atoms with Crippen molar-refractivity contribution in [1.82, 2.24) is 4.90 Å².